The molecule has 1 amide bonds. The van der Waals surface area contributed by atoms with E-state index < -0.39 is 0 Å². The largest absolute Gasteiger partial charge is 0.345 e. The SMILES string of the molecule is Cc1c(C(C)NC(=O)c2cccc3cnccc23)cnn1-c1ccccc1. The zero-order valence-electron chi connectivity index (χ0n) is 15.3. The van der Waals surface area contributed by atoms with Crippen LogP contribution in [0.3, 0.4) is 0 Å². The fraction of sp³-hybridized carbons (Fsp3) is 0.136. The lowest BCUT2D eigenvalue weighted by Gasteiger charge is -2.15. The number of para-hydroxylation sites is 1. The van der Waals surface area contributed by atoms with Crippen LogP contribution in [0.25, 0.3) is 16.5 Å². The van der Waals surface area contributed by atoms with E-state index in [2.05, 4.69) is 15.4 Å². The number of amides is 1. The number of rotatable bonds is 4. The Labute approximate surface area is 157 Å². The summed E-state index contributed by atoms with van der Waals surface area (Å²) in [6.45, 7) is 3.99. The van der Waals surface area contributed by atoms with Gasteiger partial charge in [-0.25, -0.2) is 4.68 Å². The minimum absolute atomic E-state index is 0.105. The molecular weight excluding hydrogens is 336 g/mol. The maximum Gasteiger partial charge on any atom is 0.252 e. The van der Waals surface area contributed by atoms with Gasteiger partial charge in [-0.15, -0.1) is 0 Å². The second-order valence-corrected chi connectivity index (χ2v) is 6.53. The summed E-state index contributed by atoms with van der Waals surface area (Å²) < 4.78 is 1.89. The van der Waals surface area contributed by atoms with E-state index in [1.165, 1.54) is 0 Å². The number of aromatic nitrogens is 3. The number of carbonyl (C=O) groups is 1. The van der Waals surface area contributed by atoms with E-state index in [0.717, 1.165) is 27.7 Å². The Morgan fingerprint density at radius 3 is 2.67 bits per heavy atom. The van der Waals surface area contributed by atoms with Gasteiger partial charge in [0.1, 0.15) is 0 Å². The average Bonchev–Trinajstić information content (AvgIpc) is 3.09. The summed E-state index contributed by atoms with van der Waals surface area (Å²) in [5, 5.41) is 9.44. The average molecular weight is 356 g/mol. The summed E-state index contributed by atoms with van der Waals surface area (Å²) in [5.74, 6) is -0.105. The normalized spacial score (nSPS) is 12.1. The zero-order chi connectivity index (χ0) is 18.8. The lowest BCUT2D eigenvalue weighted by molar-refractivity contribution is 0.0941. The van der Waals surface area contributed by atoms with Gasteiger partial charge in [-0.3, -0.25) is 9.78 Å². The first-order valence-corrected chi connectivity index (χ1v) is 8.88. The fourth-order valence-corrected chi connectivity index (χ4v) is 3.35. The van der Waals surface area contributed by atoms with E-state index >= 15 is 0 Å². The number of nitrogens with one attached hydrogen (secondary N) is 1. The quantitative estimate of drug-likeness (QED) is 0.595. The fourth-order valence-electron chi connectivity index (χ4n) is 3.35. The van der Waals surface area contributed by atoms with Gasteiger partial charge in [0.05, 0.1) is 17.9 Å². The van der Waals surface area contributed by atoms with E-state index in [1.807, 2.05) is 79.3 Å². The molecule has 0 aliphatic heterocycles. The summed E-state index contributed by atoms with van der Waals surface area (Å²) >= 11 is 0. The Hall–Kier alpha value is -3.47. The molecule has 0 saturated carbocycles. The van der Waals surface area contributed by atoms with Crippen LogP contribution in [0, 0.1) is 6.92 Å². The van der Waals surface area contributed by atoms with Crippen LogP contribution in [0.2, 0.25) is 0 Å². The zero-order valence-corrected chi connectivity index (χ0v) is 15.3. The minimum atomic E-state index is -0.160. The first-order chi connectivity index (χ1) is 13.1. The van der Waals surface area contributed by atoms with Crippen molar-refractivity contribution in [1.82, 2.24) is 20.1 Å². The van der Waals surface area contributed by atoms with Crippen LogP contribution >= 0.6 is 0 Å². The van der Waals surface area contributed by atoms with Crippen molar-refractivity contribution in [1.29, 1.82) is 0 Å². The predicted octanol–water partition coefficient (Wildman–Crippen LogP) is 4.22. The summed E-state index contributed by atoms with van der Waals surface area (Å²) in [5.41, 5.74) is 3.65. The van der Waals surface area contributed by atoms with Crippen LogP contribution in [0.5, 0.6) is 0 Å². The number of hydrogen-bond donors (Lipinski definition) is 1. The van der Waals surface area contributed by atoms with Crippen molar-refractivity contribution < 1.29 is 4.79 Å². The van der Waals surface area contributed by atoms with Crippen molar-refractivity contribution >= 4 is 16.7 Å². The van der Waals surface area contributed by atoms with Crippen molar-refractivity contribution in [2.75, 3.05) is 0 Å². The molecule has 0 bridgehead atoms. The van der Waals surface area contributed by atoms with Crippen molar-refractivity contribution in [2.24, 2.45) is 0 Å². The van der Waals surface area contributed by atoms with E-state index in [-0.39, 0.29) is 11.9 Å². The molecule has 2 aromatic carbocycles. The van der Waals surface area contributed by atoms with Crippen molar-refractivity contribution in [3.63, 3.8) is 0 Å². The third kappa shape index (κ3) is 3.19. The highest BCUT2D eigenvalue weighted by molar-refractivity contribution is 6.06. The molecule has 0 fully saturated rings. The molecule has 2 aromatic heterocycles. The Kier molecular flexibility index (Phi) is 4.42. The van der Waals surface area contributed by atoms with E-state index in [4.69, 9.17) is 0 Å². The number of pyridine rings is 1. The highest BCUT2D eigenvalue weighted by Gasteiger charge is 2.18. The van der Waals surface area contributed by atoms with Crippen LogP contribution < -0.4 is 5.32 Å². The maximum atomic E-state index is 12.9. The summed E-state index contributed by atoms with van der Waals surface area (Å²) in [6, 6.07) is 17.3. The maximum absolute atomic E-state index is 12.9. The van der Waals surface area contributed by atoms with Gasteiger partial charge in [0.2, 0.25) is 0 Å². The van der Waals surface area contributed by atoms with Gasteiger partial charge in [0.25, 0.3) is 5.91 Å². The minimum Gasteiger partial charge on any atom is -0.345 e. The number of fused-ring (bicyclic) bond motifs is 1. The van der Waals surface area contributed by atoms with Gasteiger partial charge in [-0.1, -0.05) is 30.3 Å². The molecule has 2 heterocycles. The Balaban J connectivity index is 1.60. The molecule has 0 aliphatic rings. The Bertz CT molecular complexity index is 1100. The van der Waals surface area contributed by atoms with Gasteiger partial charge in [0.15, 0.2) is 0 Å². The van der Waals surface area contributed by atoms with Gasteiger partial charge < -0.3 is 5.32 Å². The lowest BCUT2D eigenvalue weighted by atomic mass is 10.0. The molecular formula is C22H20N4O. The number of carbonyl (C=O) groups excluding carboxylic acids is 1. The van der Waals surface area contributed by atoms with Gasteiger partial charge in [-0.05, 0) is 43.5 Å². The molecule has 5 nitrogen and oxygen atoms in total. The standard InChI is InChI=1S/C22H20N4O/c1-15(21-14-24-26(16(21)2)18-8-4-3-5-9-18)25-22(27)20-10-6-7-17-13-23-12-11-19(17)20/h3-15H,1-2H3,(H,25,27). The van der Waals surface area contributed by atoms with Crippen LogP contribution in [0.4, 0.5) is 0 Å². The second kappa shape index (κ2) is 7.03. The molecule has 27 heavy (non-hydrogen) atoms. The summed E-state index contributed by atoms with van der Waals surface area (Å²) in [6.07, 6.45) is 5.29. The number of nitrogens with zero attached hydrogens (tertiary/aromatic N) is 3. The topological polar surface area (TPSA) is 59.8 Å². The van der Waals surface area contributed by atoms with E-state index in [0.29, 0.717) is 5.56 Å². The van der Waals surface area contributed by atoms with Gasteiger partial charge >= 0.3 is 0 Å². The molecule has 4 rings (SSSR count). The van der Waals surface area contributed by atoms with E-state index in [1.54, 1.807) is 12.4 Å². The second-order valence-electron chi connectivity index (χ2n) is 6.53. The molecule has 1 N–H and O–H groups in total. The first-order valence-electron chi connectivity index (χ1n) is 8.88. The molecule has 134 valence electrons. The summed E-state index contributed by atoms with van der Waals surface area (Å²) in [7, 11) is 0. The van der Waals surface area contributed by atoms with Crippen LogP contribution in [-0.4, -0.2) is 20.7 Å². The molecule has 0 aliphatic carbocycles. The van der Waals surface area contributed by atoms with Crippen LogP contribution in [0.1, 0.15) is 34.6 Å². The Morgan fingerprint density at radius 2 is 1.85 bits per heavy atom. The molecule has 1 unspecified atom stereocenters. The van der Waals surface area contributed by atoms with E-state index in [9.17, 15) is 4.79 Å². The van der Waals surface area contributed by atoms with Gasteiger partial charge in [0, 0.05) is 34.6 Å². The van der Waals surface area contributed by atoms with Crippen molar-refractivity contribution in [2.45, 2.75) is 19.9 Å². The van der Waals surface area contributed by atoms with Crippen LogP contribution in [-0.2, 0) is 0 Å². The molecule has 0 radical (unpaired) electrons. The smallest absolute Gasteiger partial charge is 0.252 e. The molecule has 5 heteroatoms. The first kappa shape index (κ1) is 17.0. The van der Waals surface area contributed by atoms with Crippen molar-refractivity contribution in [3.05, 3.63) is 90.0 Å². The third-order valence-electron chi connectivity index (χ3n) is 4.79. The van der Waals surface area contributed by atoms with Crippen LogP contribution in [0.15, 0.2) is 73.2 Å². The monoisotopic (exact) mass is 356 g/mol. The summed E-state index contributed by atoms with van der Waals surface area (Å²) in [4.78, 5) is 17.0. The molecule has 0 saturated heterocycles. The molecule has 1 atom stereocenters. The molecule has 0 spiro atoms. The Morgan fingerprint density at radius 1 is 1.04 bits per heavy atom. The highest BCUT2D eigenvalue weighted by atomic mass is 16.1. The highest BCUT2D eigenvalue weighted by Crippen LogP contribution is 2.22. The molecule has 4 aromatic rings. The number of benzene rings is 2. The third-order valence-corrected chi connectivity index (χ3v) is 4.79. The predicted molar refractivity (Wildman–Crippen MR) is 106 cm³/mol. The lowest BCUT2D eigenvalue weighted by Crippen LogP contribution is -2.27. The van der Waals surface area contributed by atoms with Crippen molar-refractivity contribution in [3.8, 4) is 5.69 Å². The van der Waals surface area contributed by atoms with Gasteiger partial charge in [-0.2, -0.15) is 5.10 Å². The number of hydrogen-bond acceptors (Lipinski definition) is 3.